The van der Waals surface area contributed by atoms with Crippen LogP contribution in [0.25, 0.3) is 10.9 Å². The third-order valence-electron chi connectivity index (χ3n) is 7.19. The van der Waals surface area contributed by atoms with Crippen LogP contribution in [0.3, 0.4) is 0 Å². The molecule has 3 saturated heterocycles. The second-order valence-electron chi connectivity index (χ2n) is 9.77. The lowest BCUT2D eigenvalue weighted by Crippen LogP contribution is -2.45. The van der Waals surface area contributed by atoms with E-state index in [4.69, 9.17) is 14.7 Å². The van der Waals surface area contributed by atoms with Crippen LogP contribution in [-0.2, 0) is 0 Å². The minimum absolute atomic E-state index is 0.187. The Morgan fingerprint density at radius 3 is 2.50 bits per heavy atom. The summed E-state index contributed by atoms with van der Waals surface area (Å²) in [5.41, 5.74) is 1.50. The number of hydrogen-bond acceptors (Lipinski definition) is 8. The van der Waals surface area contributed by atoms with Crippen molar-refractivity contribution in [3.8, 4) is 17.6 Å². The number of fused-ring (bicyclic) bond motifs is 1. The normalized spacial score (nSPS) is 20.8. The monoisotopic (exact) mass is 499 g/mol. The van der Waals surface area contributed by atoms with Crippen LogP contribution in [0.1, 0.15) is 31.2 Å². The van der Waals surface area contributed by atoms with Crippen molar-refractivity contribution in [2.45, 2.75) is 31.6 Å². The van der Waals surface area contributed by atoms with E-state index in [0.29, 0.717) is 24.2 Å². The van der Waals surface area contributed by atoms with Crippen LogP contribution in [-0.4, -0.2) is 98.4 Å². The molecule has 3 aliphatic rings. The number of alkyl halides is 2. The van der Waals surface area contributed by atoms with Gasteiger partial charge in [-0.25, -0.2) is 13.8 Å². The van der Waals surface area contributed by atoms with Gasteiger partial charge in [0.2, 0.25) is 5.95 Å². The molecule has 36 heavy (non-hydrogen) atoms. The Kier molecular flexibility index (Phi) is 7.70. The summed E-state index contributed by atoms with van der Waals surface area (Å²) in [6.45, 7) is 7.82. The molecule has 3 aliphatic heterocycles. The zero-order chi connectivity index (χ0) is 25.0. The quantitative estimate of drug-likeness (QED) is 0.588. The maximum absolute atomic E-state index is 13.8. The molecule has 0 saturated carbocycles. The number of nitrogens with zero attached hydrogens (tertiary/aromatic N) is 5. The predicted molar refractivity (Wildman–Crippen MR) is 138 cm³/mol. The molecule has 10 heteroatoms. The van der Waals surface area contributed by atoms with E-state index in [2.05, 4.69) is 32.3 Å². The summed E-state index contributed by atoms with van der Waals surface area (Å²) in [6.07, 6.45) is 2.08. The molecule has 0 bridgehead atoms. The molecule has 1 aromatic heterocycles. The fraction of sp³-hybridized carbons (Fsp3) is 0.615. The number of nitrogens with one attached hydrogen (secondary N) is 2. The van der Waals surface area contributed by atoms with Gasteiger partial charge in [0.1, 0.15) is 11.6 Å². The molecule has 5 rings (SSSR count). The van der Waals surface area contributed by atoms with Crippen LogP contribution >= 0.6 is 0 Å². The standard InChI is InChI=1S/C26H35F2N7O/c1-36-23-18-21-22(17-20(23)5-4-12-33-10-2-3-11-33)31-25(35-13-6-26(27,28)7-14-35)32-24(21)30-19-34-15-8-29-9-16-34/h17-18,29H,2-3,6-16,19H2,1H3,(H,30,31,32). The lowest BCUT2D eigenvalue weighted by atomic mass is 10.1. The van der Waals surface area contributed by atoms with Gasteiger partial charge in [-0.2, -0.15) is 4.98 Å². The van der Waals surface area contributed by atoms with Crippen molar-refractivity contribution in [1.82, 2.24) is 25.1 Å². The van der Waals surface area contributed by atoms with Gasteiger partial charge in [-0.1, -0.05) is 11.8 Å². The number of piperazine rings is 1. The molecule has 8 nitrogen and oxygen atoms in total. The van der Waals surface area contributed by atoms with Crippen LogP contribution in [0, 0.1) is 11.8 Å². The second-order valence-corrected chi connectivity index (χ2v) is 9.77. The van der Waals surface area contributed by atoms with Crippen molar-refractivity contribution in [2.75, 3.05) is 82.9 Å². The summed E-state index contributed by atoms with van der Waals surface area (Å²) in [5.74, 6) is 5.76. The lowest BCUT2D eigenvalue weighted by Gasteiger charge is -2.32. The van der Waals surface area contributed by atoms with Crippen LogP contribution in [0.4, 0.5) is 20.5 Å². The zero-order valence-corrected chi connectivity index (χ0v) is 21.0. The van der Waals surface area contributed by atoms with E-state index in [1.54, 1.807) is 7.11 Å². The number of anilines is 2. The van der Waals surface area contributed by atoms with Crippen LogP contribution < -0.4 is 20.3 Å². The van der Waals surface area contributed by atoms with Crippen molar-refractivity contribution >= 4 is 22.7 Å². The molecule has 194 valence electrons. The summed E-state index contributed by atoms with van der Waals surface area (Å²) in [5, 5.41) is 7.67. The molecule has 0 atom stereocenters. The van der Waals surface area contributed by atoms with Crippen molar-refractivity contribution in [1.29, 1.82) is 0 Å². The number of hydrogen-bond donors (Lipinski definition) is 2. The smallest absolute Gasteiger partial charge is 0.251 e. The molecule has 0 radical (unpaired) electrons. The Labute approximate surface area is 211 Å². The number of likely N-dealkylation sites (tertiary alicyclic amines) is 1. The Balaban J connectivity index is 1.46. The van der Waals surface area contributed by atoms with E-state index in [0.717, 1.165) is 62.3 Å². The summed E-state index contributed by atoms with van der Waals surface area (Å²) in [7, 11) is 1.64. The van der Waals surface area contributed by atoms with Crippen LogP contribution in [0.15, 0.2) is 12.1 Å². The average molecular weight is 500 g/mol. The average Bonchev–Trinajstić information content (AvgIpc) is 3.41. The Morgan fingerprint density at radius 1 is 1.03 bits per heavy atom. The van der Waals surface area contributed by atoms with Crippen molar-refractivity contribution < 1.29 is 13.5 Å². The number of halogens is 2. The van der Waals surface area contributed by atoms with Gasteiger partial charge in [-0.05, 0) is 38.1 Å². The van der Waals surface area contributed by atoms with Crippen LogP contribution in [0.2, 0.25) is 0 Å². The molecule has 2 N–H and O–H groups in total. The highest BCUT2D eigenvalue weighted by Crippen LogP contribution is 2.33. The van der Waals surface area contributed by atoms with Crippen LogP contribution in [0.5, 0.6) is 5.75 Å². The third-order valence-corrected chi connectivity index (χ3v) is 7.19. The lowest BCUT2D eigenvalue weighted by molar-refractivity contribution is -0.0222. The first-order valence-corrected chi connectivity index (χ1v) is 12.9. The van der Waals surface area contributed by atoms with E-state index in [9.17, 15) is 8.78 Å². The summed E-state index contributed by atoms with van der Waals surface area (Å²) in [4.78, 5) is 16.1. The molecular weight excluding hydrogens is 464 g/mol. The van der Waals surface area contributed by atoms with Crippen molar-refractivity contribution in [3.05, 3.63) is 17.7 Å². The molecular formula is C26H35F2N7O. The second kappa shape index (κ2) is 11.1. The molecule has 3 fully saturated rings. The molecule has 0 amide bonds. The van der Waals surface area contributed by atoms with E-state index in [1.807, 2.05) is 17.0 Å². The molecule has 0 aliphatic carbocycles. The molecule has 1 aromatic carbocycles. The largest absolute Gasteiger partial charge is 0.495 e. The highest BCUT2D eigenvalue weighted by molar-refractivity contribution is 5.92. The topological polar surface area (TPSA) is 68.8 Å². The first-order chi connectivity index (χ1) is 17.5. The Bertz CT molecular complexity index is 1110. The maximum atomic E-state index is 13.8. The SMILES string of the molecule is COc1cc2c(NCN3CCNCC3)nc(N3CCC(F)(F)CC3)nc2cc1C#CCN1CCCC1. The van der Waals surface area contributed by atoms with E-state index in [1.165, 1.54) is 12.8 Å². The summed E-state index contributed by atoms with van der Waals surface area (Å²) < 4.78 is 33.3. The highest BCUT2D eigenvalue weighted by Gasteiger charge is 2.35. The Hall–Kier alpha value is -2.74. The number of piperidine rings is 1. The zero-order valence-electron chi connectivity index (χ0n) is 21.0. The van der Waals surface area contributed by atoms with Gasteiger partial charge in [0.05, 0.1) is 31.4 Å². The van der Waals surface area contributed by atoms with Gasteiger partial charge in [-0.3, -0.25) is 9.80 Å². The minimum Gasteiger partial charge on any atom is -0.495 e. The first kappa shape index (κ1) is 24.9. The van der Waals surface area contributed by atoms with Gasteiger partial charge in [0.15, 0.2) is 0 Å². The fourth-order valence-electron chi connectivity index (χ4n) is 4.96. The van der Waals surface area contributed by atoms with E-state index >= 15 is 0 Å². The van der Waals surface area contributed by atoms with Crippen molar-refractivity contribution in [3.63, 3.8) is 0 Å². The minimum atomic E-state index is -2.62. The molecule has 0 spiro atoms. The van der Waals surface area contributed by atoms with E-state index in [-0.39, 0.29) is 25.9 Å². The van der Waals surface area contributed by atoms with Gasteiger partial charge >= 0.3 is 0 Å². The first-order valence-electron chi connectivity index (χ1n) is 12.9. The number of benzene rings is 1. The highest BCUT2D eigenvalue weighted by atomic mass is 19.3. The van der Waals surface area contributed by atoms with Gasteiger partial charge < -0.3 is 20.3 Å². The van der Waals surface area contributed by atoms with Gasteiger partial charge in [-0.15, -0.1) is 0 Å². The molecule has 0 unspecified atom stereocenters. The Morgan fingerprint density at radius 2 is 1.78 bits per heavy atom. The number of aromatic nitrogens is 2. The number of methoxy groups -OCH3 is 1. The third kappa shape index (κ3) is 5.97. The van der Waals surface area contributed by atoms with Crippen molar-refractivity contribution in [2.24, 2.45) is 0 Å². The summed E-state index contributed by atoms with van der Waals surface area (Å²) >= 11 is 0. The predicted octanol–water partition coefficient (Wildman–Crippen LogP) is 2.60. The number of ether oxygens (including phenoxy) is 1. The van der Waals surface area contributed by atoms with E-state index < -0.39 is 5.92 Å². The molecule has 2 aromatic rings. The number of rotatable bonds is 6. The molecule has 4 heterocycles. The summed E-state index contributed by atoms with van der Waals surface area (Å²) in [6, 6.07) is 3.87. The van der Waals surface area contributed by atoms with Gasteiger partial charge in [0.25, 0.3) is 5.92 Å². The fourth-order valence-corrected chi connectivity index (χ4v) is 4.96. The maximum Gasteiger partial charge on any atom is 0.251 e. The van der Waals surface area contributed by atoms with Gasteiger partial charge in [0, 0.05) is 57.5 Å².